The van der Waals surface area contributed by atoms with E-state index in [1.165, 1.54) is 6.92 Å². The molecule has 1 amide bonds. The monoisotopic (exact) mass is 329 g/mol. The Morgan fingerprint density at radius 3 is 2.63 bits per heavy atom. The Kier molecular flexibility index (Phi) is 4.58. The molecule has 102 valence electrons. The molecule has 0 saturated heterocycles. The standard InChI is InChI=1S/C11H12AsNO6/c1-3-11(16)19-12(17,18)9-5-4-8(15)6-10(9)13-7(2)14/h3-6,15H,1H2,2H3,(H,13,14)(H,17,18). The number of phenols is 1. The van der Waals surface area contributed by atoms with Crippen LogP contribution in [0.25, 0.3) is 0 Å². The second kappa shape index (κ2) is 5.77. The molecule has 0 aromatic heterocycles. The van der Waals surface area contributed by atoms with Crippen LogP contribution in [0.3, 0.4) is 0 Å². The molecule has 3 N–H and O–H groups in total. The van der Waals surface area contributed by atoms with Crippen LogP contribution in [0.2, 0.25) is 0 Å². The topological polar surface area (TPSA) is 113 Å². The van der Waals surface area contributed by atoms with Crippen LogP contribution in [0.4, 0.5) is 5.69 Å². The van der Waals surface area contributed by atoms with Crippen LogP contribution in [0.1, 0.15) is 6.92 Å². The van der Waals surface area contributed by atoms with Gasteiger partial charge < -0.3 is 0 Å². The maximum absolute atomic E-state index is 12.0. The summed E-state index contributed by atoms with van der Waals surface area (Å²) >= 11 is -5.17. The van der Waals surface area contributed by atoms with E-state index in [1.807, 2.05) is 0 Å². The summed E-state index contributed by atoms with van der Waals surface area (Å²) in [4.78, 5) is 22.0. The van der Waals surface area contributed by atoms with Crippen LogP contribution in [0.5, 0.6) is 5.75 Å². The molecule has 0 bridgehead atoms. The molecule has 1 aromatic rings. The molecule has 1 rings (SSSR count). The molecule has 0 aliphatic rings. The Morgan fingerprint density at radius 2 is 2.11 bits per heavy atom. The van der Waals surface area contributed by atoms with E-state index < -0.39 is 26.0 Å². The first kappa shape index (κ1) is 15.1. The van der Waals surface area contributed by atoms with Crippen LogP contribution in [-0.2, 0) is 17.1 Å². The molecule has 8 heteroatoms. The molecule has 0 saturated carbocycles. The number of anilines is 1. The van der Waals surface area contributed by atoms with Crippen LogP contribution < -0.4 is 9.67 Å². The van der Waals surface area contributed by atoms with E-state index in [0.29, 0.717) is 0 Å². The zero-order valence-corrected chi connectivity index (χ0v) is 11.9. The van der Waals surface area contributed by atoms with Gasteiger partial charge in [-0.05, 0) is 0 Å². The SMILES string of the molecule is C=CC(=O)O[As](=O)(O)c1ccc(O)cc1NC(C)=O. The fourth-order valence-electron chi connectivity index (χ4n) is 1.27. The average molecular weight is 329 g/mol. The molecule has 19 heavy (non-hydrogen) atoms. The third kappa shape index (κ3) is 4.01. The van der Waals surface area contributed by atoms with Gasteiger partial charge in [-0.1, -0.05) is 0 Å². The van der Waals surface area contributed by atoms with Gasteiger partial charge in [-0.2, -0.15) is 0 Å². The van der Waals surface area contributed by atoms with E-state index in [1.54, 1.807) is 0 Å². The first-order chi connectivity index (χ1) is 8.76. The molecule has 0 fully saturated rings. The van der Waals surface area contributed by atoms with Gasteiger partial charge in [0.05, 0.1) is 0 Å². The van der Waals surface area contributed by atoms with Crippen molar-refractivity contribution in [3.63, 3.8) is 0 Å². The summed E-state index contributed by atoms with van der Waals surface area (Å²) < 4.78 is 25.9. The van der Waals surface area contributed by atoms with Gasteiger partial charge >= 0.3 is 111 Å². The van der Waals surface area contributed by atoms with Crippen LogP contribution in [0, 0.1) is 0 Å². The number of benzene rings is 1. The fourth-order valence-corrected chi connectivity index (χ4v) is 3.59. The minimum absolute atomic E-state index is 0.0886. The number of hydrogen-bond acceptors (Lipinski definition) is 5. The molecule has 0 heterocycles. The Bertz CT molecular complexity index is 583. The third-order valence-corrected chi connectivity index (χ3v) is 4.97. The number of nitrogens with one attached hydrogen (secondary N) is 1. The van der Waals surface area contributed by atoms with Gasteiger partial charge in [0, 0.05) is 0 Å². The summed E-state index contributed by atoms with van der Waals surface area (Å²) in [6.07, 6.45) is 0.753. The zero-order valence-electron chi connectivity index (χ0n) is 9.99. The second-order valence-electron chi connectivity index (χ2n) is 3.52. The van der Waals surface area contributed by atoms with E-state index in [9.17, 15) is 22.5 Å². The quantitative estimate of drug-likeness (QED) is 0.514. The molecule has 0 aliphatic heterocycles. The molecule has 0 radical (unpaired) electrons. The van der Waals surface area contributed by atoms with Gasteiger partial charge in [0.15, 0.2) is 0 Å². The number of rotatable bonds is 4. The molecule has 1 aromatic carbocycles. The van der Waals surface area contributed by atoms with Gasteiger partial charge in [-0.15, -0.1) is 0 Å². The van der Waals surface area contributed by atoms with Crippen molar-refractivity contribution >= 4 is 36.1 Å². The predicted octanol–water partition coefficient (Wildman–Crippen LogP) is -0.352. The summed E-state index contributed by atoms with van der Waals surface area (Å²) in [5.41, 5.74) is -0.0886. The predicted molar refractivity (Wildman–Crippen MR) is 67.0 cm³/mol. The first-order valence-electron chi connectivity index (χ1n) is 5.06. The molecule has 1 atom stereocenters. The van der Waals surface area contributed by atoms with Crippen molar-refractivity contribution in [2.24, 2.45) is 0 Å². The third-order valence-electron chi connectivity index (χ3n) is 1.98. The van der Waals surface area contributed by atoms with Crippen LogP contribution in [-0.4, -0.2) is 35.3 Å². The van der Waals surface area contributed by atoms with E-state index in [-0.39, 0.29) is 15.8 Å². The molecule has 0 aliphatic carbocycles. The van der Waals surface area contributed by atoms with Crippen molar-refractivity contribution < 1.29 is 26.3 Å². The van der Waals surface area contributed by atoms with Crippen LogP contribution >= 0.6 is 0 Å². The Balaban J connectivity index is 3.24. The van der Waals surface area contributed by atoms with E-state index in [2.05, 4.69) is 15.6 Å². The van der Waals surface area contributed by atoms with Crippen molar-refractivity contribution in [1.82, 2.24) is 0 Å². The summed E-state index contributed by atoms with van der Waals surface area (Å²) in [5, 5.41) is 11.6. The second-order valence-corrected chi connectivity index (χ2v) is 7.10. The Hall–Kier alpha value is -1.98. The van der Waals surface area contributed by atoms with Crippen molar-refractivity contribution in [2.75, 3.05) is 5.32 Å². The molecule has 0 spiro atoms. The number of carbonyl (C=O) groups is 2. The van der Waals surface area contributed by atoms with E-state index in [4.69, 9.17) is 0 Å². The summed E-state index contributed by atoms with van der Waals surface area (Å²) in [7, 11) is 0. The molecule has 7 nitrogen and oxygen atoms in total. The summed E-state index contributed by atoms with van der Waals surface area (Å²) in [6.45, 7) is 4.31. The van der Waals surface area contributed by atoms with Gasteiger partial charge in [0.2, 0.25) is 0 Å². The minimum atomic E-state index is -5.17. The van der Waals surface area contributed by atoms with Gasteiger partial charge in [-0.25, -0.2) is 0 Å². The van der Waals surface area contributed by atoms with Crippen molar-refractivity contribution in [2.45, 2.75) is 6.92 Å². The number of aromatic hydroxyl groups is 1. The number of hydrogen-bond donors (Lipinski definition) is 3. The average Bonchev–Trinajstić information content (AvgIpc) is 2.27. The van der Waals surface area contributed by atoms with Crippen molar-refractivity contribution in [3.8, 4) is 5.75 Å². The number of phenolic OH excluding ortho intramolecular Hbond substituents is 1. The summed E-state index contributed by atoms with van der Waals surface area (Å²) in [6, 6.07) is 3.34. The zero-order chi connectivity index (χ0) is 14.6. The molecular formula is C11H12AsNO6. The van der Waals surface area contributed by atoms with Crippen molar-refractivity contribution in [3.05, 3.63) is 30.9 Å². The van der Waals surface area contributed by atoms with E-state index >= 15 is 0 Å². The number of carbonyl (C=O) groups excluding carboxylic acids is 2. The maximum atomic E-state index is 12.0. The normalized spacial score (nSPS) is 13.2. The molecular weight excluding hydrogens is 317 g/mol. The van der Waals surface area contributed by atoms with Gasteiger partial charge in [0.1, 0.15) is 0 Å². The fraction of sp³-hybridized carbons (Fsp3) is 0.0909. The van der Waals surface area contributed by atoms with Crippen molar-refractivity contribution in [1.29, 1.82) is 0 Å². The molecule has 1 unspecified atom stereocenters. The Morgan fingerprint density at radius 1 is 1.47 bits per heavy atom. The summed E-state index contributed by atoms with van der Waals surface area (Å²) in [5.74, 6) is -1.76. The van der Waals surface area contributed by atoms with Crippen LogP contribution in [0.15, 0.2) is 30.9 Å². The first-order valence-corrected chi connectivity index (χ1v) is 8.37. The Labute approximate surface area is 111 Å². The number of amides is 1. The van der Waals surface area contributed by atoms with Gasteiger partial charge in [-0.3, -0.25) is 0 Å². The van der Waals surface area contributed by atoms with E-state index in [0.717, 1.165) is 24.3 Å². The van der Waals surface area contributed by atoms with Gasteiger partial charge in [0.25, 0.3) is 0 Å².